The summed E-state index contributed by atoms with van der Waals surface area (Å²) >= 11 is 0. The molecule has 2 aliphatic rings. The Kier molecular flexibility index (Phi) is 2.36. The molecule has 2 rings (SSSR count). The number of carbonyl (C=O) groups is 3. The standard InChI is InChI=1S/C8H9N3O4/c12-6(9-5-4-15-10-5)3-11-7(13)1-2-8(11)14/h1-4H2,(H,9,10,12). The number of carbonyl (C=O) groups excluding carboxylic acids is 3. The lowest BCUT2D eigenvalue weighted by Crippen LogP contribution is -2.45. The van der Waals surface area contributed by atoms with Crippen LogP contribution < -0.4 is 5.32 Å². The summed E-state index contributed by atoms with van der Waals surface area (Å²) in [6.45, 7) is 0.0182. The van der Waals surface area contributed by atoms with Gasteiger partial charge in [-0.2, -0.15) is 0 Å². The number of hydrogen-bond donors (Lipinski definition) is 1. The van der Waals surface area contributed by atoms with Gasteiger partial charge in [0.15, 0.2) is 12.4 Å². The second-order valence-corrected chi connectivity index (χ2v) is 3.23. The van der Waals surface area contributed by atoms with Gasteiger partial charge in [-0.25, -0.2) is 0 Å². The van der Waals surface area contributed by atoms with Crippen LogP contribution in [0.4, 0.5) is 0 Å². The molecule has 80 valence electrons. The monoisotopic (exact) mass is 211 g/mol. The van der Waals surface area contributed by atoms with Gasteiger partial charge in [0, 0.05) is 12.8 Å². The lowest BCUT2D eigenvalue weighted by Gasteiger charge is -2.16. The fourth-order valence-corrected chi connectivity index (χ4v) is 1.33. The van der Waals surface area contributed by atoms with Crippen LogP contribution in [0.1, 0.15) is 12.8 Å². The summed E-state index contributed by atoms with van der Waals surface area (Å²) in [5, 5.41) is 5.84. The summed E-state index contributed by atoms with van der Waals surface area (Å²) in [7, 11) is 0. The van der Waals surface area contributed by atoms with Crippen LogP contribution in [0.5, 0.6) is 0 Å². The average Bonchev–Trinajstić information content (AvgIpc) is 2.43. The Labute approximate surface area is 85.0 Å². The molecule has 2 aliphatic heterocycles. The zero-order valence-corrected chi connectivity index (χ0v) is 7.86. The first-order valence-electron chi connectivity index (χ1n) is 4.48. The highest BCUT2D eigenvalue weighted by Gasteiger charge is 2.30. The largest absolute Gasteiger partial charge is 0.386 e. The smallest absolute Gasteiger partial charge is 0.245 e. The zero-order chi connectivity index (χ0) is 10.8. The van der Waals surface area contributed by atoms with Crippen molar-refractivity contribution in [1.29, 1.82) is 0 Å². The molecule has 0 saturated carbocycles. The molecule has 0 radical (unpaired) electrons. The lowest BCUT2D eigenvalue weighted by molar-refractivity contribution is -0.142. The number of oxime groups is 1. The molecule has 7 heteroatoms. The fraction of sp³-hybridized carbons (Fsp3) is 0.500. The summed E-state index contributed by atoms with van der Waals surface area (Å²) in [5.41, 5.74) is 0. The van der Waals surface area contributed by atoms with Crippen molar-refractivity contribution in [3.63, 3.8) is 0 Å². The van der Waals surface area contributed by atoms with Gasteiger partial charge in [-0.05, 0) is 0 Å². The van der Waals surface area contributed by atoms with Gasteiger partial charge in [0.2, 0.25) is 17.7 Å². The number of nitrogens with zero attached hydrogens (tertiary/aromatic N) is 2. The van der Waals surface area contributed by atoms with Crippen LogP contribution in [0, 0.1) is 0 Å². The van der Waals surface area contributed by atoms with E-state index in [1.54, 1.807) is 0 Å². The zero-order valence-electron chi connectivity index (χ0n) is 7.86. The summed E-state index contributed by atoms with van der Waals surface area (Å²) in [5.74, 6) is -0.622. The Balaban J connectivity index is 1.87. The van der Waals surface area contributed by atoms with Gasteiger partial charge in [0.05, 0.1) is 0 Å². The predicted molar refractivity (Wildman–Crippen MR) is 47.5 cm³/mol. The highest BCUT2D eigenvalue weighted by Crippen LogP contribution is 2.10. The molecule has 0 bridgehead atoms. The SMILES string of the molecule is O=C(CN1C(=O)CCC1=O)NC1=NOC1. The Morgan fingerprint density at radius 2 is 2.00 bits per heavy atom. The molecule has 1 fully saturated rings. The second-order valence-electron chi connectivity index (χ2n) is 3.23. The predicted octanol–water partition coefficient (Wildman–Crippen LogP) is -1.40. The van der Waals surface area contributed by atoms with E-state index in [1.807, 2.05) is 0 Å². The molecular formula is C8H9N3O4. The van der Waals surface area contributed by atoms with Crippen molar-refractivity contribution in [2.75, 3.05) is 13.2 Å². The van der Waals surface area contributed by atoms with E-state index in [4.69, 9.17) is 0 Å². The molecule has 15 heavy (non-hydrogen) atoms. The summed E-state index contributed by atoms with van der Waals surface area (Å²) in [4.78, 5) is 39.0. The molecule has 1 saturated heterocycles. The number of amides is 3. The molecule has 0 aromatic rings. The number of nitrogens with one attached hydrogen (secondary N) is 1. The van der Waals surface area contributed by atoms with E-state index in [0.29, 0.717) is 5.84 Å². The molecule has 1 N–H and O–H groups in total. The fourth-order valence-electron chi connectivity index (χ4n) is 1.33. The third-order valence-electron chi connectivity index (χ3n) is 2.12. The molecule has 7 nitrogen and oxygen atoms in total. The van der Waals surface area contributed by atoms with E-state index in [2.05, 4.69) is 15.3 Å². The molecule has 0 aromatic heterocycles. The maximum absolute atomic E-state index is 11.3. The van der Waals surface area contributed by atoms with Crippen LogP contribution in [0.3, 0.4) is 0 Å². The first-order valence-corrected chi connectivity index (χ1v) is 4.48. The van der Waals surface area contributed by atoms with E-state index in [9.17, 15) is 14.4 Å². The van der Waals surface area contributed by atoms with Crippen LogP contribution >= 0.6 is 0 Å². The molecule has 0 spiro atoms. The Morgan fingerprint density at radius 1 is 1.40 bits per heavy atom. The molecule has 0 aromatic carbocycles. The number of amidine groups is 1. The Hall–Kier alpha value is -1.92. The van der Waals surface area contributed by atoms with Gasteiger partial charge < -0.3 is 10.2 Å². The lowest BCUT2D eigenvalue weighted by atomic mass is 10.4. The van der Waals surface area contributed by atoms with Crippen molar-refractivity contribution in [3.8, 4) is 0 Å². The van der Waals surface area contributed by atoms with E-state index < -0.39 is 5.91 Å². The van der Waals surface area contributed by atoms with Crippen molar-refractivity contribution < 1.29 is 19.2 Å². The van der Waals surface area contributed by atoms with Crippen molar-refractivity contribution in [2.24, 2.45) is 5.16 Å². The van der Waals surface area contributed by atoms with Crippen LogP contribution in [0.15, 0.2) is 5.16 Å². The van der Waals surface area contributed by atoms with E-state index in [1.165, 1.54) is 0 Å². The first kappa shape index (κ1) is 9.63. The summed E-state index contributed by atoms with van der Waals surface area (Å²) in [6, 6.07) is 0. The molecule has 0 aliphatic carbocycles. The highest BCUT2D eigenvalue weighted by atomic mass is 16.7. The first-order chi connectivity index (χ1) is 7.16. The van der Waals surface area contributed by atoms with Gasteiger partial charge in [0.25, 0.3) is 0 Å². The Bertz CT molecular complexity index is 347. The molecule has 0 atom stereocenters. The van der Waals surface area contributed by atoms with Crippen LogP contribution in [0.25, 0.3) is 0 Å². The van der Waals surface area contributed by atoms with Gasteiger partial charge >= 0.3 is 0 Å². The summed E-state index contributed by atoms with van der Waals surface area (Å²) < 4.78 is 0. The molecule has 2 heterocycles. The number of imide groups is 1. The molecule has 3 amide bonds. The average molecular weight is 211 g/mol. The van der Waals surface area contributed by atoms with Crippen LogP contribution in [0.2, 0.25) is 0 Å². The second kappa shape index (κ2) is 3.68. The maximum Gasteiger partial charge on any atom is 0.245 e. The van der Waals surface area contributed by atoms with E-state index >= 15 is 0 Å². The third kappa shape index (κ3) is 1.95. The number of hydrogen-bond acceptors (Lipinski definition) is 5. The Morgan fingerprint density at radius 3 is 2.47 bits per heavy atom. The van der Waals surface area contributed by atoms with Crippen molar-refractivity contribution in [3.05, 3.63) is 0 Å². The van der Waals surface area contributed by atoms with Gasteiger partial charge in [-0.1, -0.05) is 5.16 Å². The van der Waals surface area contributed by atoms with Crippen LogP contribution in [-0.2, 0) is 19.2 Å². The van der Waals surface area contributed by atoms with Gasteiger partial charge in [-0.3, -0.25) is 19.3 Å². The van der Waals surface area contributed by atoms with E-state index in [0.717, 1.165) is 4.90 Å². The minimum Gasteiger partial charge on any atom is -0.386 e. The number of likely N-dealkylation sites (tertiary alicyclic amines) is 1. The maximum atomic E-state index is 11.3. The van der Waals surface area contributed by atoms with E-state index in [-0.39, 0.29) is 37.8 Å². The minimum atomic E-state index is -0.430. The normalized spacial score (nSPS) is 19.5. The van der Waals surface area contributed by atoms with Gasteiger partial charge in [0.1, 0.15) is 6.54 Å². The quantitative estimate of drug-likeness (QED) is 0.569. The topological polar surface area (TPSA) is 88.1 Å². The van der Waals surface area contributed by atoms with Crippen molar-refractivity contribution in [1.82, 2.24) is 10.2 Å². The van der Waals surface area contributed by atoms with Crippen molar-refractivity contribution in [2.45, 2.75) is 12.8 Å². The van der Waals surface area contributed by atoms with Crippen LogP contribution in [-0.4, -0.2) is 41.6 Å². The summed E-state index contributed by atoms with van der Waals surface area (Å²) in [6.07, 6.45) is 0.381. The van der Waals surface area contributed by atoms with Crippen molar-refractivity contribution >= 4 is 23.6 Å². The highest BCUT2D eigenvalue weighted by molar-refractivity contribution is 6.07. The number of rotatable bonds is 2. The van der Waals surface area contributed by atoms with Gasteiger partial charge in [-0.15, -0.1) is 0 Å². The minimum absolute atomic E-state index is 0.191. The third-order valence-corrected chi connectivity index (χ3v) is 2.12. The molecular weight excluding hydrogens is 202 g/mol. The molecule has 0 unspecified atom stereocenters.